The monoisotopic (exact) mass is 277 g/mol. The largest absolute Gasteiger partial charge is 0.507 e. The first kappa shape index (κ1) is 16.7. The van der Waals surface area contributed by atoms with Crippen LogP contribution in [0.15, 0.2) is 23.2 Å². The second kappa shape index (κ2) is 6.89. The first-order chi connectivity index (χ1) is 9.25. The summed E-state index contributed by atoms with van der Waals surface area (Å²) in [6, 6.07) is 5.60. The molecule has 0 saturated carbocycles. The van der Waals surface area contributed by atoms with Gasteiger partial charge in [-0.05, 0) is 29.4 Å². The third kappa shape index (κ3) is 4.64. The van der Waals surface area contributed by atoms with Crippen molar-refractivity contribution in [2.45, 2.75) is 52.5 Å². The van der Waals surface area contributed by atoms with Gasteiger partial charge < -0.3 is 10.2 Å². The predicted octanol–water partition coefficient (Wildman–Crippen LogP) is 3.52. The van der Waals surface area contributed by atoms with E-state index < -0.39 is 0 Å². The van der Waals surface area contributed by atoms with E-state index in [0.717, 1.165) is 12.0 Å². The Morgan fingerprint density at radius 3 is 2.40 bits per heavy atom. The third-order valence-electron chi connectivity index (χ3n) is 3.25. The van der Waals surface area contributed by atoms with Gasteiger partial charge in [-0.3, -0.25) is 4.99 Å². The Kier molecular flexibility index (Phi) is 5.75. The second-order valence-electron chi connectivity index (χ2n) is 6.74. The summed E-state index contributed by atoms with van der Waals surface area (Å²) in [6.45, 7) is 10.5. The van der Waals surface area contributed by atoms with Gasteiger partial charge in [0.25, 0.3) is 0 Å². The summed E-state index contributed by atoms with van der Waals surface area (Å²) in [5.41, 5.74) is 1.51. The molecular weight excluding hydrogens is 250 g/mol. The topological polar surface area (TPSA) is 52.8 Å². The molecule has 0 bridgehead atoms. The van der Waals surface area contributed by atoms with Gasteiger partial charge >= 0.3 is 0 Å². The maximum atomic E-state index is 10.3. The molecule has 0 aliphatic rings. The molecule has 0 aromatic heterocycles. The van der Waals surface area contributed by atoms with Gasteiger partial charge in [-0.15, -0.1) is 0 Å². The number of aliphatic hydroxyl groups is 1. The number of benzene rings is 1. The van der Waals surface area contributed by atoms with E-state index in [-0.39, 0.29) is 23.8 Å². The van der Waals surface area contributed by atoms with Crippen molar-refractivity contribution >= 4 is 6.21 Å². The molecule has 1 rings (SSSR count). The first-order valence-electron chi connectivity index (χ1n) is 7.22. The summed E-state index contributed by atoms with van der Waals surface area (Å²) in [4.78, 5) is 4.40. The third-order valence-corrected chi connectivity index (χ3v) is 3.25. The number of aliphatic hydroxyl groups excluding tert-OH is 1. The Bertz CT molecular complexity index is 459. The van der Waals surface area contributed by atoms with E-state index in [1.165, 1.54) is 0 Å². The lowest BCUT2D eigenvalue weighted by atomic mass is 9.85. The molecule has 0 spiro atoms. The summed E-state index contributed by atoms with van der Waals surface area (Å²) in [7, 11) is 0. The molecule has 3 nitrogen and oxygen atoms in total. The van der Waals surface area contributed by atoms with Crippen molar-refractivity contribution in [2.24, 2.45) is 10.9 Å². The van der Waals surface area contributed by atoms with E-state index in [1.807, 2.05) is 18.2 Å². The van der Waals surface area contributed by atoms with Crippen molar-refractivity contribution in [2.75, 3.05) is 6.61 Å². The smallest absolute Gasteiger partial charge is 0.128 e. The van der Waals surface area contributed by atoms with E-state index >= 15 is 0 Å². The molecule has 0 unspecified atom stereocenters. The molecule has 2 N–H and O–H groups in total. The quantitative estimate of drug-likeness (QED) is 0.809. The van der Waals surface area contributed by atoms with Gasteiger partial charge in [-0.1, -0.05) is 46.8 Å². The standard InChI is InChI=1S/C17H27NO2/c1-12(2)9-14(11-19)18-10-13-7-6-8-15(16(13)20)17(3,4)5/h6-8,10,12,14,19-20H,9,11H2,1-5H3/t14-/m0/s1. The molecule has 1 aromatic carbocycles. The average molecular weight is 277 g/mol. The van der Waals surface area contributed by atoms with Crippen LogP contribution in [0.3, 0.4) is 0 Å². The van der Waals surface area contributed by atoms with Crippen LogP contribution in [0.4, 0.5) is 0 Å². The zero-order valence-corrected chi connectivity index (χ0v) is 13.2. The maximum Gasteiger partial charge on any atom is 0.128 e. The number of aromatic hydroxyl groups is 1. The Hall–Kier alpha value is -1.35. The van der Waals surface area contributed by atoms with Gasteiger partial charge in [-0.2, -0.15) is 0 Å². The average Bonchev–Trinajstić information content (AvgIpc) is 2.34. The van der Waals surface area contributed by atoms with Gasteiger partial charge in [0.1, 0.15) is 5.75 Å². The van der Waals surface area contributed by atoms with Crippen LogP contribution < -0.4 is 0 Å². The Morgan fingerprint density at radius 1 is 1.25 bits per heavy atom. The van der Waals surface area contributed by atoms with E-state index in [1.54, 1.807) is 6.21 Å². The van der Waals surface area contributed by atoms with Crippen LogP contribution in [0.5, 0.6) is 5.75 Å². The molecule has 0 saturated heterocycles. The van der Waals surface area contributed by atoms with Crippen LogP contribution >= 0.6 is 0 Å². The van der Waals surface area contributed by atoms with Crippen molar-refractivity contribution in [3.8, 4) is 5.75 Å². The van der Waals surface area contributed by atoms with E-state index in [0.29, 0.717) is 11.5 Å². The Morgan fingerprint density at radius 2 is 1.90 bits per heavy atom. The Balaban J connectivity index is 2.98. The number of rotatable bonds is 5. The molecule has 0 fully saturated rings. The fourth-order valence-corrected chi connectivity index (χ4v) is 2.18. The minimum Gasteiger partial charge on any atom is -0.507 e. The van der Waals surface area contributed by atoms with Crippen LogP contribution in [0.1, 0.15) is 52.2 Å². The molecular formula is C17H27NO2. The van der Waals surface area contributed by atoms with Crippen molar-refractivity contribution in [1.29, 1.82) is 0 Å². The van der Waals surface area contributed by atoms with Crippen LogP contribution in [-0.2, 0) is 5.41 Å². The summed E-state index contributed by atoms with van der Waals surface area (Å²) in [5.74, 6) is 0.767. The van der Waals surface area contributed by atoms with Crippen molar-refractivity contribution in [1.82, 2.24) is 0 Å². The second-order valence-corrected chi connectivity index (χ2v) is 6.74. The van der Waals surface area contributed by atoms with E-state index in [4.69, 9.17) is 0 Å². The highest BCUT2D eigenvalue weighted by Crippen LogP contribution is 2.32. The van der Waals surface area contributed by atoms with Gasteiger partial charge in [0.05, 0.1) is 12.6 Å². The number of para-hydroxylation sites is 1. The van der Waals surface area contributed by atoms with Crippen LogP contribution in [0.25, 0.3) is 0 Å². The van der Waals surface area contributed by atoms with Crippen LogP contribution in [-0.4, -0.2) is 29.1 Å². The summed E-state index contributed by atoms with van der Waals surface area (Å²) in [6.07, 6.45) is 2.51. The number of nitrogens with zero attached hydrogens (tertiary/aromatic N) is 1. The van der Waals surface area contributed by atoms with Crippen LogP contribution in [0, 0.1) is 5.92 Å². The van der Waals surface area contributed by atoms with Gasteiger partial charge in [0.15, 0.2) is 0 Å². The summed E-state index contributed by atoms with van der Waals surface area (Å²) >= 11 is 0. The molecule has 0 aliphatic carbocycles. The van der Waals surface area contributed by atoms with Gasteiger partial charge in [0, 0.05) is 11.8 Å². The number of hydrogen-bond donors (Lipinski definition) is 2. The minimum absolute atomic E-state index is 0.0361. The van der Waals surface area contributed by atoms with E-state index in [9.17, 15) is 10.2 Å². The van der Waals surface area contributed by atoms with Crippen molar-refractivity contribution < 1.29 is 10.2 Å². The van der Waals surface area contributed by atoms with Crippen molar-refractivity contribution in [3.05, 3.63) is 29.3 Å². The highest BCUT2D eigenvalue weighted by Gasteiger charge is 2.19. The number of phenolic OH excluding ortho intramolecular Hbond substituents is 1. The number of hydrogen-bond acceptors (Lipinski definition) is 3. The number of phenols is 1. The molecule has 112 valence electrons. The van der Waals surface area contributed by atoms with Gasteiger partial charge in [0.2, 0.25) is 0 Å². The lowest BCUT2D eigenvalue weighted by molar-refractivity contribution is 0.251. The SMILES string of the molecule is CC(C)C[C@@H](CO)N=Cc1cccc(C(C)(C)C)c1O. The summed E-state index contributed by atoms with van der Waals surface area (Å²) in [5, 5.41) is 19.7. The highest BCUT2D eigenvalue weighted by molar-refractivity contribution is 5.84. The number of aliphatic imine (C=N–C) groups is 1. The molecule has 1 aromatic rings. The summed E-state index contributed by atoms with van der Waals surface area (Å²) < 4.78 is 0. The zero-order chi connectivity index (χ0) is 15.3. The molecule has 0 aliphatic heterocycles. The molecule has 20 heavy (non-hydrogen) atoms. The molecule has 1 atom stereocenters. The Labute approximate surface area is 122 Å². The molecule has 0 amide bonds. The molecule has 0 radical (unpaired) electrons. The fourth-order valence-electron chi connectivity index (χ4n) is 2.18. The molecule has 3 heteroatoms. The lowest BCUT2D eigenvalue weighted by Gasteiger charge is -2.21. The van der Waals surface area contributed by atoms with Gasteiger partial charge in [-0.25, -0.2) is 0 Å². The normalized spacial score (nSPS) is 14.2. The zero-order valence-electron chi connectivity index (χ0n) is 13.2. The van der Waals surface area contributed by atoms with Crippen LogP contribution in [0.2, 0.25) is 0 Å². The minimum atomic E-state index is -0.109. The van der Waals surface area contributed by atoms with E-state index in [2.05, 4.69) is 39.6 Å². The molecule has 0 heterocycles. The predicted molar refractivity (Wildman–Crippen MR) is 84.7 cm³/mol. The highest BCUT2D eigenvalue weighted by atomic mass is 16.3. The fraction of sp³-hybridized carbons (Fsp3) is 0.588. The lowest BCUT2D eigenvalue weighted by Crippen LogP contribution is -2.14. The first-order valence-corrected chi connectivity index (χ1v) is 7.22. The van der Waals surface area contributed by atoms with Crippen molar-refractivity contribution in [3.63, 3.8) is 0 Å². The maximum absolute atomic E-state index is 10.3.